The number of nitrogens with zero attached hydrogens (tertiary/aromatic N) is 2. The van der Waals surface area contributed by atoms with Gasteiger partial charge in [0.25, 0.3) is 0 Å². The number of ether oxygens (including phenoxy) is 1. The van der Waals surface area contributed by atoms with Gasteiger partial charge in [-0.2, -0.15) is 13.2 Å². The third kappa shape index (κ3) is 4.39. The van der Waals surface area contributed by atoms with E-state index in [-0.39, 0.29) is 17.9 Å². The molecule has 10 heteroatoms. The fraction of sp³-hybridized carbons (Fsp3) is 0.400. The normalized spacial score (nSPS) is 14.7. The summed E-state index contributed by atoms with van der Waals surface area (Å²) < 4.78 is 60.6. The van der Waals surface area contributed by atoms with Crippen LogP contribution >= 0.6 is 0 Å². The zero-order valence-corrected chi connectivity index (χ0v) is 16.6. The molecular weight excluding hydrogens is 404 g/mol. The molecule has 0 aliphatic carbocycles. The first-order valence-corrected chi connectivity index (χ1v) is 9.11. The molecule has 0 fully saturated rings. The summed E-state index contributed by atoms with van der Waals surface area (Å²) in [5, 5.41) is 12.8. The topological polar surface area (TPSA) is 83.1 Å². The molecule has 0 radical (unpaired) electrons. The maximum Gasteiger partial charge on any atom is 0.431 e. The van der Waals surface area contributed by atoms with Crippen molar-refractivity contribution in [3.63, 3.8) is 0 Å². The monoisotopic (exact) mass is 426 g/mol. The van der Waals surface area contributed by atoms with Gasteiger partial charge in [0, 0.05) is 24.2 Å². The molecule has 2 heterocycles. The Morgan fingerprint density at radius 2 is 1.93 bits per heavy atom. The second-order valence-corrected chi connectivity index (χ2v) is 7.73. The Hall–Kier alpha value is -2.72. The molecule has 3 aromatic rings. The predicted molar refractivity (Wildman–Crippen MR) is 102 cm³/mol. The molecule has 2 aromatic heterocycles. The summed E-state index contributed by atoms with van der Waals surface area (Å²) in [4.78, 5) is 10.8. The van der Waals surface area contributed by atoms with E-state index < -0.39 is 29.6 Å². The lowest BCUT2D eigenvalue weighted by molar-refractivity contribution is -0.280. The van der Waals surface area contributed by atoms with Crippen LogP contribution in [0.3, 0.4) is 0 Å². The average Bonchev–Trinajstić information content (AvgIpc) is 3.08. The molecule has 162 valence electrons. The van der Waals surface area contributed by atoms with Crippen LogP contribution in [0.15, 0.2) is 36.8 Å². The number of fused-ring (bicyclic) bond motifs is 1. The Labute approximate surface area is 170 Å². The van der Waals surface area contributed by atoms with Gasteiger partial charge in [-0.25, -0.2) is 14.4 Å². The number of alkyl halides is 3. The van der Waals surface area contributed by atoms with Gasteiger partial charge >= 0.3 is 6.18 Å². The minimum Gasteiger partial charge on any atom is -0.496 e. The van der Waals surface area contributed by atoms with E-state index in [1.54, 1.807) is 6.07 Å². The first-order chi connectivity index (χ1) is 13.9. The quantitative estimate of drug-likeness (QED) is 0.395. The molecule has 6 nitrogen and oxygen atoms in total. The van der Waals surface area contributed by atoms with Crippen molar-refractivity contribution in [2.45, 2.75) is 44.1 Å². The van der Waals surface area contributed by atoms with E-state index in [9.17, 15) is 22.7 Å². The zero-order chi connectivity index (χ0) is 22.2. The highest BCUT2D eigenvalue weighted by Gasteiger charge is 2.56. The number of hydrogen-bond acceptors (Lipinski definition) is 5. The van der Waals surface area contributed by atoms with Gasteiger partial charge in [0.1, 0.15) is 17.9 Å². The molecular formula is C20H22F4N4O2. The van der Waals surface area contributed by atoms with Crippen LogP contribution in [0.25, 0.3) is 11.0 Å². The van der Waals surface area contributed by atoms with Crippen molar-refractivity contribution in [3.8, 4) is 5.75 Å². The summed E-state index contributed by atoms with van der Waals surface area (Å²) >= 11 is 0. The van der Waals surface area contributed by atoms with Crippen molar-refractivity contribution >= 4 is 11.0 Å². The van der Waals surface area contributed by atoms with E-state index >= 15 is 0 Å². The van der Waals surface area contributed by atoms with Crippen LogP contribution < -0.4 is 10.1 Å². The fourth-order valence-corrected chi connectivity index (χ4v) is 3.47. The molecule has 0 amide bonds. The fourth-order valence-electron chi connectivity index (χ4n) is 3.47. The number of halogens is 4. The first kappa shape index (κ1) is 22.0. The summed E-state index contributed by atoms with van der Waals surface area (Å²) in [6.45, 7) is 2.67. The molecule has 0 saturated carbocycles. The van der Waals surface area contributed by atoms with Crippen molar-refractivity contribution in [2.75, 3.05) is 7.11 Å². The van der Waals surface area contributed by atoms with E-state index in [0.29, 0.717) is 16.7 Å². The van der Waals surface area contributed by atoms with Gasteiger partial charge in [-0.15, -0.1) is 0 Å². The number of H-pyrrole nitrogens is 1. The SMILES string of the molecule is COc1ccc(F)cc1C(C)(C)CC(O)(NCc1cc2ncncc2[nH]1)C(F)(F)F. The van der Waals surface area contributed by atoms with E-state index in [1.165, 1.54) is 39.5 Å². The van der Waals surface area contributed by atoms with E-state index in [4.69, 9.17) is 4.74 Å². The summed E-state index contributed by atoms with van der Waals surface area (Å²) in [7, 11) is 1.35. The van der Waals surface area contributed by atoms with Crippen LogP contribution in [0.5, 0.6) is 5.75 Å². The van der Waals surface area contributed by atoms with Gasteiger partial charge in [-0.1, -0.05) is 13.8 Å². The van der Waals surface area contributed by atoms with E-state index in [0.717, 1.165) is 12.1 Å². The maximum absolute atomic E-state index is 13.9. The Kier molecular flexibility index (Phi) is 5.74. The van der Waals surface area contributed by atoms with Gasteiger partial charge in [-0.05, 0) is 29.7 Å². The van der Waals surface area contributed by atoms with Crippen LogP contribution in [0.4, 0.5) is 17.6 Å². The van der Waals surface area contributed by atoms with Gasteiger partial charge in [0.05, 0.1) is 24.3 Å². The zero-order valence-electron chi connectivity index (χ0n) is 16.6. The highest BCUT2D eigenvalue weighted by molar-refractivity contribution is 5.74. The lowest BCUT2D eigenvalue weighted by atomic mass is 9.77. The minimum atomic E-state index is -4.99. The van der Waals surface area contributed by atoms with Crippen LogP contribution in [0.1, 0.15) is 31.5 Å². The largest absolute Gasteiger partial charge is 0.496 e. The van der Waals surface area contributed by atoms with Crippen molar-refractivity contribution in [3.05, 3.63) is 53.9 Å². The van der Waals surface area contributed by atoms with Gasteiger partial charge in [0.15, 0.2) is 0 Å². The summed E-state index contributed by atoms with van der Waals surface area (Å²) in [6, 6.07) is 5.19. The average molecular weight is 426 g/mol. The van der Waals surface area contributed by atoms with Gasteiger partial charge in [-0.3, -0.25) is 5.32 Å². The molecule has 1 aromatic carbocycles. The summed E-state index contributed by atoms with van der Waals surface area (Å²) in [6.07, 6.45) is -2.94. The van der Waals surface area contributed by atoms with Crippen LogP contribution in [0.2, 0.25) is 0 Å². The van der Waals surface area contributed by atoms with Crippen molar-refractivity contribution in [1.29, 1.82) is 0 Å². The predicted octanol–water partition coefficient (Wildman–Crippen LogP) is 3.81. The second kappa shape index (κ2) is 7.84. The smallest absolute Gasteiger partial charge is 0.431 e. The van der Waals surface area contributed by atoms with E-state index in [1.807, 2.05) is 0 Å². The highest BCUT2D eigenvalue weighted by atomic mass is 19.4. The Balaban J connectivity index is 1.88. The third-order valence-corrected chi connectivity index (χ3v) is 4.98. The van der Waals surface area contributed by atoms with Crippen LogP contribution in [-0.4, -0.2) is 39.1 Å². The summed E-state index contributed by atoms with van der Waals surface area (Å²) in [5.41, 5.74) is -2.80. The molecule has 0 saturated heterocycles. The molecule has 1 atom stereocenters. The number of nitrogens with one attached hydrogen (secondary N) is 2. The van der Waals surface area contributed by atoms with Crippen molar-refractivity contribution in [1.82, 2.24) is 20.3 Å². The highest BCUT2D eigenvalue weighted by Crippen LogP contribution is 2.42. The Morgan fingerprint density at radius 1 is 1.20 bits per heavy atom. The van der Waals surface area contributed by atoms with Gasteiger partial charge in [0.2, 0.25) is 5.72 Å². The number of hydrogen-bond donors (Lipinski definition) is 3. The lowest BCUT2D eigenvalue weighted by Gasteiger charge is -2.38. The number of methoxy groups -OCH3 is 1. The second-order valence-electron chi connectivity index (χ2n) is 7.73. The molecule has 1 unspecified atom stereocenters. The molecule has 0 bridgehead atoms. The summed E-state index contributed by atoms with van der Waals surface area (Å²) in [5.74, 6) is -0.373. The number of benzene rings is 1. The van der Waals surface area contributed by atoms with Crippen molar-refractivity contribution in [2.24, 2.45) is 0 Å². The number of aromatic nitrogens is 3. The standard InChI is InChI=1S/C20H22F4N4O2/c1-18(2,14-6-12(21)4-5-17(14)30-3)10-19(29,20(22,23)24)27-8-13-7-15-16(28-13)9-25-11-26-15/h4-7,9,11,27-29H,8,10H2,1-3H3. The van der Waals surface area contributed by atoms with E-state index in [2.05, 4.69) is 20.3 Å². The first-order valence-electron chi connectivity index (χ1n) is 9.11. The lowest BCUT2D eigenvalue weighted by Crippen LogP contribution is -2.59. The van der Waals surface area contributed by atoms with Gasteiger partial charge < -0.3 is 14.8 Å². The van der Waals surface area contributed by atoms with Crippen LogP contribution in [-0.2, 0) is 12.0 Å². The number of aromatic amines is 1. The third-order valence-electron chi connectivity index (χ3n) is 4.98. The van der Waals surface area contributed by atoms with Crippen molar-refractivity contribution < 1.29 is 27.4 Å². The maximum atomic E-state index is 13.9. The number of aliphatic hydroxyl groups is 1. The Morgan fingerprint density at radius 3 is 2.57 bits per heavy atom. The molecule has 30 heavy (non-hydrogen) atoms. The molecule has 3 N–H and O–H groups in total. The molecule has 3 rings (SSSR count). The van der Waals surface area contributed by atoms with Crippen LogP contribution in [0, 0.1) is 5.82 Å². The molecule has 0 aliphatic rings. The Bertz CT molecular complexity index is 1000. The molecule has 0 spiro atoms. The minimum absolute atomic E-state index is 0.218. The molecule has 0 aliphatic heterocycles. The number of rotatable bonds is 7.